The van der Waals surface area contributed by atoms with Gasteiger partial charge in [0.1, 0.15) is 0 Å². The molecular weight excluding hydrogens is 515 g/mol. The molecule has 186 valence electrons. The third kappa shape index (κ3) is 8.01. The Morgan fingerprint density at radius 2 is 1.66 bits per heavy atom. The van der Waals surface area contributed by atoms with Gasteiger partial charge in [0.05, 0.1) is 6.04 Å². The third-order valence-electron chi connectivity index (χ3n) is 7.33. The van der Waals surface area contributed by atoms with Crippen molar-refractivity contribution in [2.75, 3.05) is 65.4 Å². The zero-order valence-electron chi connectivity index (χ0n) is 20.7. The monoisotopic (exact) mass is 562 g/mol. The highest BCUT2D eigenvalue weighted by Gasteiger charge is 2.30. The van der Waals surface area contributed by atoms with E-state index in [2.05, 4.69) is 40.8 Å². The molecule has 32 heavy (non-hydrogen) atoms. The molecule has 0 saturated carbocycles. The van der Waals surface area contributed by atoms with Crippen molar-refractivity contribution in [3.63, 3.8) is 0 Å². The fourth-order valence-corrected chi connectivity index (χ4v) is 5.21. The number of amides is 1. The lowest BCUT2D eigenvalue weighted by molar-refractivity contribution is -0.135. The minimum atomic E-state index is -0.00282. The summed E-state index contributed by atoms with van der Waals surface area (Å²) in [7, 11) is 0. The highest BCUT2D eigenvalue weighted by molar-refractivity contribution is 14.0. The summed E-state index contributed by atoms with van der Waals surface area (Å²) in [6.45, 7) is 16.5. The van der Waals surface area contributed by atoms with E-state index in [1.54, 1.807) is 0 Å². The van der Waals surface area contributed by atoms with E-state index in [0.29, 0.717) is 5.91 Å². The van der Waals surface area contributed by atoms with E-state index in [0.717, 1.165) is 83.6 Å². The summed E-state index contributed by atoms with van der Waals surface area (Å²) in [4.78, 5) is 27.1. The van der Waals surface area contributed by atoms with Crippen LogP contribution in [-0.4, -0.2) is 109 Å². The molecule has 3 heterocycles. The maximum Gasteiger partial charge on any atom is 0.239 e. The molecule has 3 rings (SSSR count). The van der Waals surface area contributed by atoms with Crippen LogP contribution in [0.4, 0.5) is 0 Å². The lowest BCUT2D eigenvalue weighted by atomic mass is 10.0. The fraction of sp³-hybridized carbons (Fsp3) is 0.917. The van der Waals surface area contributed by atoms with Gasteiger partial charge in [0, 0.05) is 58.4 Å². The second-order valence-corrected chi connectivity index (χ2v) is 9.55. The van der Waals surface area contributed by atoms with Crippen LogP contribution in [0, 0.1) is 0 Å². The van der Waals surface area contributed by atoms with Crippen LogP contribution in [0.3, 0.4) is 0 Å². The molecule has 3 saturated heterocycles. The number of unbranched alkanes of at least 4 members (excludes halogenated alkanes) is 1. The first kappa shape index (κ1) is 27.6. The predicted molar refractivity (Wildman–Crippen MR) is 144 cm³/mol. The minimum absolute atomic E-state index is 0. The molecule has 3 aliphatic rings. The number of piperazine rings is 1. The third-order valence-corrected chi connectivity index (χ3v) is 7.33. The molecule has 8 heteroatoms. The molecule has 0 bridgehead atoms. The number of aliphatic imine (C=N–C) groups is 1. The van der Waals surface area contributed by atoms with Gasteiger partial charge in [-0.2, -0.15) is 0 Å². The number of halogens is 1. The van der Waals surface area contributed by atoms with Crippen LogP contribution < -0.4 is 5.32 Å². The zero-order chi connectivity index (χ0) is 22.1. The number of hydrogen-bond donors (Lipinski definition) is 1. The highest BCUT2D eigenvalue weighted by Crippen LogP contribution is 2.17. The standard InChI is InChI=1S/C24H46N6O.HI/c1-4-25-24(26-12-6-8-14-27-13-7-5-11-21(27)2)30-19-17-28(18-20-30)22(3)23(31)29-15-9-10-16-29;/h21-22H,4-20H2,1-3H3,(H,25,26);1H. The normalized spacial score (nSPS) is 24.3. The van der Waals surface area contributed by atoms with Crippen molar-refractivity contribution in [2.24, 2.45) is 4.99 Å². The Labute approximate surface area is 213 Å². The molecule has 2 unspecified atom stereocenters. The molecule has 0 radical (unpaired) electrons. The van der Waals surface area contributed by atoms with Gasteiger partial charge in [-0.25, -0.2) is 0 Å². The average molecular weight is 563 g/mol. The van der Waals surface area contributed by atoms with E-state index in [4.69, 9.17) is 4.99 Å². The summed E-state index contributed by atoms with van der Waals surface area (Å²) in [5, 5.41) is 3.48. The van der Waals surface area contributed by atoms with Gasteiger partial charge >= 0.3 is 0 Å². The first-order chi connectivity index (χ1) is 15.1. The maximum absolute atomic E-state index is 12.7. The molecule has 0 aromatic heterocycles. The molecule has 0 aromatic carbocycles. The molecular formula is C24H47IN6O. The molecule has 0 aliphatic carbocycles. The molecule has 3 aliphatic heterocycles. The SMILES string of the molecule is CCNC(=NCCCCN1CCCCC1C)N1CCN(C(C)C(=O)N2CCCC2)CC1.I. The maximum atomic E-state index is 12.7. The molecule has 1 amide bonds. The van der Waals surface area contributed by atoms with Gasteiger partial charge in [-0.1, -0.05) is 6.42 Å². The number of rotatable bonds is 8. The Kier molecular flexibility index (Phi) is 12.6. The van der Waals surface area contributed by atoms with E-state index in [1.807, 2.05) is 4.90 Å². The Morgan fingerprint density at radius 1 is 0.969 bits per heavy atom. The molecule has 0 spiro atoms. The molecule has 7 nitrogen and oxygen atoms in total. The second kappa shape index (κ2) is 14.6. The van der Waals surface area contributed by atoms with E-state index < -0.39 is 0 Å². The van der Waals surface area contributed by atoms with Gasteiger partial charge in [0.25, 0.3) is 0 Å². The van der Waals surface area contributed by atoms with E-state index in [1.165, 1.54) is 38.8 Å². The summed E-state index contributed by atoms with van der Waals surface area (Å²) >= 11 is 0. The van der Waals surface area contributed by atoms with Crippen LogP contribution in [-0.2, 0) is 4.79 Å². The van der Waals surface area contributed by atoms with Crippen molar-refractivity contribution >= 4 is 35.8 Å². The zero-order valence-corrected chi connectivity index (χ0v) is 23.1. The highest BCUT2D eigenvalue weighted by atomic mass is 127. The van der Waals surface area contributed by atoms with Crippen LogP contribution in [0.25, 0.3) is 0 Å². The van der Waals surface area contributed by atoms with Gasteiger partial charge in [0.2, 0.25) is 5.91 Å². The smallest absolute Gasteiger partial charge is 0.239 e. The average Bonchev–Trinajstić information content (AvgIpc) is 3.33. The molecule has 1 N–H and O–H groups in total. The van der Waals surface area contributed by atoms with Crippen LogP contribution >= 0.6 is 24.0 Å². The largest absolute Gasteiger partial charge is 0.357 e. The van der Waals surface area contributed by atoms with Gasteiger partial charge < -0.3 is 20.0 Å². The second-order valence-electron chi connectivity index (χ2n) is 9.55. The van der Waals surface area contributed by atoms with Gasteiger partial charge in [-0.15, -0.1) is 24.0 Å². The Balaban J connectivity index is 0.00000363. The first-order valence-corrected chi connectivity index (χ1v) is 12.9. The summed E-state index contributed by atoms with van der Waals surface area (Å²) < 4.78 is 0. The number of likely N-dealkylation sites (tertiary alicyclic amines) is 2. The van der Waals surface area contributed by atoms with Crippen molar-refractivity contribution < 1.29 is 4.79 Å². The predicted octanol–water partition coefficient (Wildman–Crippen LogP) is 2.85. The van der Waals surface area contributed by atoms with Crippen molar-refractivity contribution in [1.82, 2.24) is 24.9 Å². The number of carbonyl (C=O) groups is 1. The van der Waals surface area contributed by atoms with Gasteiger partial charge in [-0.05, 0) is 72.4 Å². The topological polar surface area (TPSA) is 54.4 Å². The quantitative estimate of drug-likeness (QED) is 0.214. The van der Waals surface area contributed by atoms with E-state index >= 15 is 0 Å². The summed E-state index contributed by atoms with van der Waals surface area (Å²) in [6.07, 6.45) is 8.82. The van der Waals surface area contributed by atoms with E-state index in [-0.39, 0.29) is 30.0 Å². The van der Waals surface area contributed by atoms with Crippen molar-refractivity contribution in [3.05, 3.63) is 0 Å². The summed E-state index contributed by atoms with van der Waals surface area (Å²) in [6, 6.07) is 0.752. The Hall–Kier alpha value is -0.610. The number of carbonyl (C=O) groups excluding carboxylic acids is 1. The summed E-state index contributed by atoms with van der Waals surface area (Å²) in [5.74, 6) is 1.36. The number of nitrogens with zero attached hydrogens (tertiary/aromatic N) is 5. The van der Waals surface area contributed by atoms with Gasteiger partial charge in [0.15, 0.2) is 5.96 Å². The lowest BCUT2D eigenvalue weighted by Crippen LogP contribution is -2.57. The minimum Gasteiger partial charge on any atom is -0.357 e. The summed E-state index contributed by atoms with van der Waals surface area (Å²) in [5.41, 5.74) is 0. The molecule has 0 aromatic rings. The van der Waals surface area contributed by atoms with Crippen LogP contribution in [0.2, 0.25) is 0 Å². The van der Waals surface area contributed by atoms with Gasteiger partial charge in [-0.3, -0.25) is 14.7 Å². The number of piperidine rings is 1. The van der Waals surface area contributed by atoms with Crippen LogP contribution in [0.5, 0.6) is 0 Å². The Morgan fingerprint density at radius 3 is 2.31 bits per heavy atom. The van der Waals surface area contributed by atoms with Crippen molar-refractivity contribution in [1.29, 1.82) is 0 Å². The van der Waals surface area contributed by atoms with Crippen LogP contribution in [0.15, 0.2) is 4.99 Å². The fourth-order valence-electron chi connectivity index (χ4n) is 5.21. The number of guanidine groups is 1. The van der Waals surface area contributed by atoms with E-state index in [9.17, 15) is 4.79 Å². The van der Waals surface area contributed by atoms with Crippen molar-refractivity contribution in [2.45, 2.75) is 77.8 Å². The van der Waals surface area contributed by atoms with Crippen LogP contribution in [0.1, 0.15) is 65.7 Å². The first-order valence-electron chi connectivity index (χ1n) is 12.9. The molecule has 3 fully saturated rings. The number of hydrogen-bond acceptors (Lipinski definition) is 4. The van der Waals surface area contributed by atoms with Crippen molar-refractivity contribution in [3.8, 4) is 0 Å². The number of nitrogens with one attached hydrogen (secondary N) is 1. The lowest BCUT2D eigenvalue weighted by Gasteiger charge is -2.39. The Bertz CT molecular complexity index is 575. The molecule has 2 atom stereocenters.